The van der Waals surface area contributed by atoms with Crippen molar-refractivity contribution in [3.05, 3.63) is 0 Å². The zero-order valence-corrected chi connectivity index (χ0v) is 11.5. The molecule has 0 aliphatic carbocycles. The van der Waals surface area contributed by atoms with E-state index in [1.54, 1.807) is 9.21 Å². The molecule has 0 radical (unpaired) electrons. The lowest BCUT2D eigenvalue weighted by Gasteiger charge is -2.34. The molecule has 2 fully saturated rings. The molecule has 0 aromatic heterocycles. The van der Waals surface area contributed by atoms with E-state index in [-0.39, 0.29) is 17.9 Å². The normalized spacial score (nSPS) is 23.4. The van der Waals surface area contributed by atoms with Gasteiger partial charge in [-0.25, -0.2) is 17.5 Å². The number of carbonyl (C=O) groups excluding carboxylic acids is 1. The highest BCUT2D eigenvalue weighted by Gasteiger charge is 2.34. The monoisotopic (exact) mass is 276 g/mol. The van der Waals surface area contributed by atoms with Crippen LogP contribution < -0.4 is 0 Å². The van der Waals surface area contributed by atoms with Gasteiger partial charge < -0.3 is 9.64 Å². The minimum Gasteiger partial charge on any atom is -0.448 e. The number of amides is 1. The van der Waals surface area contributed by atoms with Gasteiger partial charge in [0.2, 0.25) is 10.0 Å². The maximum Gasteiger partial charge on any atom is 0.410 e. The molecule has 7 heteroatoms. The summed E-state index contributed by atoms with van der Waals surface area (Å²) in [5.41, 5.74) is 0. The van der Waals surface area contributed by atoms with E-state index < -0.39 is 10.0 Å². The Morgan fingerprint density at radius 3 is 2.44 bits per heavy atom. The third-order valence-corrected chi connectivity index (χ3v) is 5.59. The average Bonchev–Trinajstić information content (AvgIpc) is 2.76. The fourth-order valence-electron chi connectivity index (χ4n) is 2.56. The molecule has 0 aromatic rings. The van der Waals surface area contributed by atoms with Gasteiger partial charge in [-0.05, 0) is 19.3 Å². The summed E-state index contributed by atoms with van der Waals surface area (Å²) in [5, 5.41) is 0. The molecular weight excluding hydrogens is 256 g/mol. The highest BCUT2D eigenvalue weighted by molar-refractivity contribution is 7.89. The predicted octanol–water partition coefficient (Wildman–Crippen LogP) is 0.643. The summed E-state index contributed by atoms with van der Waals surface area (Å²) in [6.45, 7) is 3.97. The number of hydrogen-bond donors (Lipinski definition) is 0. The van der Waals surface area contributed by atoms with Gasteiger partial charge in [0.25, 0.3) is 0 Å². The van der Waals surface area contributed by atoms with Crippen LogP contribution in [0.4, 0.5) is 4.79 Å². The Kier molecular flexibility index (Phi) is 4.11. The number of nitrogens with zero attached hydrogens (tertiary/aromatic N) is 2. The van der Waals surface area contributed by atoms with E-state index >= 15 is 0 Å². The number of cyclic esters (lactones) is 1. The zero-order chi connectivity index (χ0) is 13.2. The molecule has 0 N–H and O–H groups in total. The van der Waals surface area contributed by atoms with Crippen molar-refractivity contribution in [3.8, 4) is 0 Å². The Hall–Kier alpha value is -0.820. The minimum atomic E-state index is -3.10. The summed E-state index contributed by atoms with van der Waals surface area (Å²) in [6.07, 6.45) is 1.79. The third-order valence-electron chi connectivity index (χ3n) is 3.51. The largest absolute Gasteiger partial charge is 0.448 e. The summed E-state index contributed by atoms with van der Waals surface area (Å²) < 4.78 is 30.3. The molecule has 2 rings (SSSR count). The van der Waals surface area contributed by atoms with Crippen LogP contribution in [0.1, 0.15) is 26.2 Å². The molecule has 2 heterocycles. The Balaban J connectivity index is 1.90. The second-order valence-corrected chi connectivity index (χ2v) is 6.84. The highest BCUT2D eigenvalue weighted by Crippen LogP contribution is 2.21. The van der Waals surface area contributed by atoms with Crippen LogP contribution in [0.25, 0.3) is 0 Å². The van der Waals surface area contributed by atoms with Crippen LogP contribution in [0, 0.1) is 0 Å². The first kappa shape index (κ1) is 13.6. The minimum absolute atomic E-state index is 0.132. The lowest BCUT2D eigenvalue weighted by atomic mass is 10.1. The first-order valence-electron chi connectivity index (χ1n) is 6.46. The van der Waals surface area contributed by atoms with E-state index in [9.17, 15) is 13.2 Å². The number of ether oxygens (including phenoxy) is 1. The van der Waals surface area contributed by atoms with Gasteiger partial charge in [-0.3, -0.25) is 0 Å². The molecule has 0 bridgehead atoms. The molecule has 2 saturated heterocycles. The lowest BCUT2D eigenvalue weighted by molar-refractivity contribution is 0.134. The van der Waals surface area contributed by atoms with Gasteiger partial charge in [0.1, 0.15) is 6.61 Å². The van der Waals surface area contributed by atoms with Crippen molar-refractivity contribution in [2.75, 3.05) is 32.0 Å². The Bertz CT molecular complexity index is 401. The summed E-state index contributed by atoms with van der Waals surface area (Å²) in [5.74, 6) is 0.212. The number of carbonyl (C=O) groups is 1. The molecule has 6 nitrogen and oxygen atoms in total. The summed E-state index contributed by atoms with van der Waals surface area (Å²) in [4.78, 5) is 13.2. The Labute approximate surface area is 108 Å². The van der Waals surface area contributed by atoms with Crippen LogP contribution in [0.15, 0.2) is 0 Å². The van der Waals surface area contributed by atoms with Crippen molar-refractivity contribution >= 4 is 16.1 Å². The van der Waals surface area contributed by atoms with Crippen LogP contribution in [0.3, 0.4) is 0 Å². The molecule has 1 amide bonds. The standard InChI is InChI=1S/C11H20N2O4S/c1-2-9-18(15,16)12-5-3-10(4-6-12)13-7-8-17-11(13)14/h10H,2-9H2,1H3. The number of hydrogen-bond acceptors (Lipinski definition) is 4. The molecule has 18 heavy (non-hydrogen) atoms. The Morgan fingerprint density at radius 1 is 1.28 bits per heavy atom. The molecular formula is C11H20N2O4S. The van der Waals surface area contributed by atoms with Gasteiger partial charge >= 0.3 is 6.09 Å². The summed E-state index contributed by atoms with van der Waals surface area (Å²) >= 11 is 0. The van der Waals surface area contributed by atoms with Crippen LogP contribution in [-0.2, 0) is 14.8 Å². The second-order valence-electron chi connectivity index (χ2n) is 4.75. The van der Waals surface area contributed by atoms with Gasteiger partial charge in [0, 0.05) is 19.1 Å². The van der Waals surface area contributed by atoms with Gasteiger partial charge in [0.05, 0.1) is 12.3 Å². The molecule has 0 saturated carbocycles. The number of piperidine rings is 1. The zero-order valence-electron chi connectivity index (χ0n) is 10.7. The molecule has 2 aliphatic rings. The van der Waals surface area contributed by atoms with Crippen molar-refractivity contribution < 1.29 is 17.9 Å². The van der Waals surface area contributed by atoms with Gasteiger partial charge in [0.15, 0.2) is 0 Å². The van der Waals surface area contributed by atoms with E-state index in [0.717, 1.165) is 0 Å². The number of sulfonamides is 1. The van der Waals surface area contributed by atoms with Crippen LogP contribution >= 0.6 is 0 Å². The maximum atomic E-state index is 11.9. The predicted molar refractivity (Wildman–Crippen MR) is 66.7 cm³/mol. The quantitative estimate of drug-likeness (QED) is 0.756. The van der Waals surface area contributed by atoms with E-state index in [2.05, 4.69) is 0 Å². The molecule has 0 atom stereocenters. The van der Waals surface area contributed by atoms with E-state index in [0.29, 0.717) is 45.5 Å². The first-order valence-corrected chi connectivity index (χ1v) is 8.06. The van der Waals surface area contributed by atoms with Gasteiger partial charge in [-0.15, -0.1) is 0 Å². The van der Waals surface area contributed by atoms with Crippen molar-refractivity contribution in [2.24, 2.45) is 0 Å². The number of rotatable bonds is 4. The second kappa shape index (κ2) is 5.44. The van der Waals surface area contributed by atoms with Crippen LogP contribution in [-0.4, -0.2) is 61.8 Å². The van der Waals surface area contributed by atoms with Crippen LogP contribution in [0.2, 0.25) is 0 Å². The van der Waals surface area contributed by atoms with Crippen molar-refractivity contribution in [1.29, 1.82) is 0 Å². The topological polar surface area (TPSA) is 66.9 Å². The molecule has 0 spiro atoms. The Morgan fingerprint density at radius 2 is 1.94 bits per heavy atom. The molecule has 0 aromatic carbocycles. The SMILES string of the molecule is CCCS(=O)(=O)N1CCC(N2CCOC2=O)CC1. The fourth-order valence-corrected chi connectivity index (χ4v) is 4.10. The first-order chi connectivity index (χ1) is 8.54. The smallest absolute Gasteiger partial charge is 0.410 e. The fraction of sp³-hybridized carbons (Fsp3) is 0.909. The molecule has 0 unspecified atom stereocenters. The average molecular weight is 276 g/mol. The van der Waals surface area contributed by atoms with E-state index in [1.807, 2.05) is 6.92 Å². The van der Waals surface area contributed by atoms with E-state index in [4.69, 9.17) is 4.74 Å². The summed E-state index contributed by atoms with van der Waals surface area (Å²) in [6, 6.07) is 0.132. The highest BCUT2D eigenvalue weighted by atomic mass is 32.2. The van der Waals surface area contributed by atoms with Crippen molar-refractivity contribution in [2.45, 2.75) is 32.2 Å². The molecule has 2 aliphatic heterocycles. The van der Waals surface area contributed by atoms with Crippen molar-refractivity contribution in [3.63, 3.8) is 0 Å². The van der Waals surface area contributed by atoms with Crippen molar-refractivity contribution in [1.82, 2.24) is 9.21 Å². The third kappa shape index (κ3) is 2.77. The lowest BCUT2D eigenvalue weighted by Crippen LogP contribution is -2.47. The molecule has 104 valence electrons. The van der Waals surface area contributed by atoms with Crippen LogP contribution in [0.5, 0.6) is 0 Å². The summed E-state index contributed by atoms with van der Waals surface area (Å²) in [7, 11) is -3.10. The van der Waals surface area contributed by atoms with Gasteiger partial charge in [-0.2, -0.15) is 0 Å². The van der Waals surface area contributed by atoms with E-state index in [1.165, 1.54) is 0 Å². The van der Waals surface area contributed by atoms with Gasteiger partial charge in [-0.1, -0.05) is 6.92 Å². The maximum absolute atomic E-state index is 11.9.